The van der Waals surface area contributed by atoms with Crippen molar-refractivity contribution in [2.45, 2.75) is 46.5 Å². The minimum atomic E-state index is 0.474. The van der Waals surface area contributed by atoms with Gasteiger partial charge in [-0.05, 0) is 154 Å². The predicted molar refractivity (Wildman–Crippen MR) is 258 cm³/mol. The van der Waals surface area contributed by atoms with Gasteiger partial charge in [-0.15, -0.1) is 0 Å². The molecule has 2 heterocycles. The van der Waals surface area contributed by atoms with E-state index in [0.29, 0.717) is 11.8 Å². The van der Waals surface area contributed by atoms with E-state index < -0.39 is 0 Å². The summed E-state index contributed by atoms with van der Waals surface area (Å²) >= 11 is 0. The molecule has 0 N–H and O–H groups in total. The van der Waals surface area contributed by atoms with Gasteiger partial charge >= 0.3 is 0 Å². The van der Waals surface area contributed by atoms with Crippen LogP contribution in [0.5, 0.6) is 0 Å². The number of para-hydroxylation sites is 2. The molecule has 0 amide bonds. The summed E-state index contributed by atoms with van der Waals surface area (Å²) in [4.78, 5) is 4.65. The number of hydrogen-bond acceptors (Lipinski definition) is 4. The zero-order chi connectivity index (χ0) is 41.4. The molecule has 4 nitrogen and oxygen atoms in total. The molecular weight excluding hydrogens is 745 g/mol. The Balaban J connectivity index is 1.00. The Bertz CT molecular complexity index is 3190. The molecule has 0 unspecified atom stereocenters. The molecule has 11 aromatic rings. The number of benzene rings is 9. The molecule has 0 fully saturated rings. The average Bonchev–Trinajstić information content (AvgIpc) is 3.83. The summed E-state index contributed by atoms with van der Waals surface area (Å²) in [6.45, 7) is 11.1. The molecule has 9 aromatic carbocycles. The van der Waals surface area contributed by atoms with Crippen LogP contribution in [0.1, 0.15) is 56.2 Å². The minimum absolute atomic E-state index is 0.474. The van der Waals surface area contributed by atoms with Crippen LogP contribution in [-0.4, -0.2) is 0 Å². The van der Waals surface area contributed by atoms with Gasteiger partial charge in [0, 0.05) is 61.7 Å². The Morgan fingerprint density at radius 2 is 0.721 bits per heavy atom. The molecule has 2 aromatic heterocycles. The van der Waals surface area contributed by atoms with Gasteiger partial charge in [0.15, 0.2) is 0 Å². The molecule has 0 radical (unpaired) electrons. The van der Waals surface area contributed by atoms with Crippen LogP contribution in [-0.2, 0) is 0 Å². The van der Waals surface area contributed by atoms with Crippen molar-refractivity contribution in [2.24, 2.45) is 0 Å². The predicted octanol–water partition coefficient (Wildman–Crippen LogP) is 17.3. The second-order valence-corrected chi connectivity index (χ2v) is 17.0. The SMILES string of the molecule is Cc1c2c(cc3oc4cc5cc(N(c6ccccc6)c6ccc(C(C)C)cc6)ccc5cc4c13)oc1cc3cc(N(c4ccccc4)c4ccc(C(C)C)cc4)ccc3cc12. The van der Waals surface area contributed by atoms with Gasteiger partial charge in [-0.3, -0.25) is 0 Å². The van der Waals surface area contributed by atoms with Crippen LogP contribution in [0.15, 0.2) is 185 Å². The van der Waals surface area contributed by atoms with Crippen LogP contribution >= 0.6 is 0 Å². The van der Waals surface area contributed by atoms with Crippen LogP contribution in [0.3, 0.4) is 0 Å². The Kier molecular flexibility index (Phi) is 8.71. The first-order chi connectivity index (χ1) is 29.8. The number of anilines is 6. The van der Waals surface area contributed by atoms with Crippen LogP contribution in [0.2, 0.25) is 0 Å². The standard InChI is InChI=1S/C57H46N2O2/c1-35(2)38-16-22-46(23-17-38)58(44-12-8-6-9-13-44)48-26-20-40-30-50-52(32-42(40)28-48)60-54-34-55-57(37(5)56(50)54)51-31-41-21-27-49(29-43(41)33-53(51)61-55)59(45-14-10-7-11-15-45)47-24-18-39(19-25-47)36(3)4/h6-36H,1-5H3. The van der Waals surface area contributed by atoms with Crippen molar-refractivity contribution < 1.29 is 8.83 Å². The molecule has 4 heteroatoms. The third-order valence-electron chi connectivity index (χ3n) is 12.5. The number of fused-ring (bicyclic) bond motifs is 8. The van der Waals surface area contributed by atoms with Gasteiger partial charge in [-0.2, -0.15) is 0 Å². The lowest BCUT2D eigenvalue weighted by Crippen LogP contribution is -2.09. The molecule has 11 rings (SSSR count). The molecule has 0 bridgehead atoms. The van der Waals surface area contributed by atoms with E-state index in [1.807, 2.05) is 0 Å². The maximum Gasteiger partial charge on any atom is 0.139 e. The zero-order valence-corrected chi connectivity index (χ0v) is 35.1. The van der Waals surface area contributed by atoms with E-state index in [0.717, 1.165) is 94.3 Å². The van der Waals surface area contributed by atoms with Crippen molar-refractivity contribution in [3.63, 3.8) is 0 Å². The molecule has 0 aliphatic heterocycles. The summed E-state index contributed by atoms with van der Waals surface area (Å²) in [5.74, 6) is 0.948. The van der Waals surface area contributed by atoms with E-state index >= 15 is 0 Å². The van der Waals surface area contributed by atoms with Crippen LogP contribution in [0, 0.1) is 6.92 Å². The maximum atomic E-state index is 6.70. The topological polar surface area (TPSA) is 32.8 Å². The molecule has 0 saturated carbocycles. The fraction of sp³-hybridized carbons (Fsp3) is 0.123. The van der Waals surface area contributed by atoms with Crippen LogP contribution < -0.4 is 9.80 Å². The number of nitrogens with zero attached hydrogens (tertiary/aromatic N) is 2. The van der Waals surface area contributed by atoms with Crippen molar-refractivity contribution in [1.82, 2.24) is 0 Å². The van der Waals surface area contributed by atoms with Crippen LogP contribution in [0.25, 0.3) is 65.4 Å². The third kappa shape index (κ3) is 6.29. The number of aryl methyl sites for hydroxylation is 1. The van der Waals surface area contributed by atoms with Gasteiger partial charge in [0.1, 0.15) is 22.3 Å². The summed E-state index contributed by atoms with van der Waals surface area (Å²) in [6, 6.07) is 63.6. The summed E-state index contributed by atoms with van der Waals surface area (Å²) in [5, 5.41) is 9.07. The number of rotatable bonds is 8. The quantitative estimate of drug-likeness (QED) is 0.153. The largest absolute Gasteiger partial charge is 0.456 e. The van der Waals surface area contributed by atoms with Gasteiger partial charge in [-0.1, -0.05) is 100 Å². The molecule has 0 aliphatic carbocycles. The first-order valence-electron chi connectivity index (χ1n) is 21.4. The number of hydrogen-bond donors (Lipinski definition) is 0. The Hall–Kier alpha value is -7.30. The Morgan fingerprint density at radius 3 is 1.11 bits per heavy atom. The Labute approximate surface area is 355 Å². The highest BCUT2D eigenvalue weighted by Gasteiger charge is 2.21. The summed E-state index contributed by atoms with van der Waals surface area (Å²) in [6.07, 6.45) is 0. The summed E-state index contributed by atoms with van der Waals surface area (Å²) in [5.41, 5.74) is 13.9. The third-order valence-corrected chi connectivity index (χ3v) is 12.5. The van der Waals surface area contributed by atoms with Gasteiger partial charge < -0.3 is 18.6 Å². The lowest BCUT2D eigenvalue weighted by molar-refractivity contribution is 0.656. The van der Waals surface area contributed by atoms with E-state index in [1.165, 1.54) is 21.9 Å². The summed E-state index contributed by atoms with van der Waals surface area (Å²) in [7, 11) is 0. The molecule has 61 heavy (non-hydrogen) atoms. The minimum Gasteiger partial charge on any atom is -0.456 e. The van der Waals surface area contributed by atoms with Crippen molar-refractivity contribution >= 4 is 99.5 Å². The van der Waals surface area contributed by atoms with Gasteiger partial charge in [0.25, 0.3) is 0 Å². The Morgan fingerprint density at radius 1 is 0.344 bits per heavy atom. The van der Waals surface area contributed by atoms with Gasteiger partial charge in [0.05, 0.1) is 0 Å². The van der Waals surface area contributed by atoms with Gasteiger partial charge in [-0.25, -0.2) is 0 Å². The van der Waals surface area contributed by atoms with E-state index in [2.05, 4.69) is 220 Å². The molecule has 0 atom stereocenters. The number of furan rings is 2. The van der Waals surface area contributed by atoms with Crippen molar-refractivity contribution in [1.29, 1.82) is 0 Å². The molecule has 0 saturated heterocycles. The fourth-order valence-electron chi connectivity index (χ4n) is 9.26. The first kappa shape index (κ1) is 36.8. The van der Waals surface area contributed by atoms with E-state index in [9.17, 15) is 0 Å². The molecule has 296 valence electrons. The monoisotopic (exact) mass is 790 g/mol. The maximum absolute atomic E-state index is 6.70. The van der Waals surface area contributed by atoms with Crippen molar-refractivity contribution in [3.8, 4) is 0 Å². The molecule has 0 spiro atoms. The van der Waals surface area contributed by atoms with Crippen molar-refractivity contribution in [2.75, 3.05) is 9.80 Å². The normalized spacial score (nSPS) is 12.0. The second-order valence-electron chi connectivity index (χ2n) is 17.0. The summed E-state index contributed by atoms with van der Waals surface area (Å²) < 4.78 is 13.4. The highest BCUT2D eigenvalue weighted by molar-refractivity contribution is 6.21. The zero-order valence-electron chi connectivity index (χ0n) is 35.1. The van der Waals surface area contributed by atoms with E-state index in [1.54, 1.807) is 0 Å². The highest BCUT2D eigenvalue weighted by atomic mass is 16.3. The van der Waals surface area contributed by atoms with Gasteiger partial charge in [0.2, 0.25) is 0 Å². The van der Waals surface area contributed by atoms with E-state index in [4.69, 9.17) is 8.83 Å². The first-order valence-corrected chi connectivity index (χ1v) is 21.4. The highest BCUT2D eigenvalue weighted by Crippen LogP contribution is 2.44. The second kappa shape index (κ2) is 14.5. The van der Waals surface area contributed by atoms with Crippen LogP contribution in [0.4, 0.5) is 34.1 Å². The smallest absolute Gasteiger partial charge is 0.139 e. The molecule has 0 aliphatic rings. The molecular formula is C57H46N2O2. The van der Waals surface area contributed by atoms with Crippen molar-refractivity contribution in [3.05, 3.63) is 193 Å². The average molecular weight is 791 g/mol. The van der Waals surface area contributed by atoms with E-state index in [-0.39, 0.29) is 0 Å². The lowest BCUT2D eigenvalue weighted by atomic mass is 9.98. The fourth-order valence-corrected chi connectivity index (χ4v) is 9.26. The lowest BCUT2D eigenvalue weighted by Gasteiger charge is -2.26.